The second-order valence-corrected chi connectivity index (χ2v) is 7.73. The molecule has 1 amide bonds. The lowest BCUT2D eigenvalue weighted by molar-refractivity contribution is 0.0950. The first-order chi connectivity index (χ1) is 14.9. The quantitative estimate of drug-likeness (QED) is 0.387. The van der Waals surface area contributed by atoms with Crippen molar-refractivity contribution >= 4 is 23.7 Å². The van der Waals surface area contributed by atoms with Crippen LogP contribution in [0.1, 0.15) is 52.5 Å². The summed E-state index contributed by atoms with van der Waals surface area (Å²) in [6, 6.07) is 11.1. The number of H-pyrrole nitrogens is 1. The molecule has 0 saturated carbocycles. The molecule has 2 aromatic carbocycles. The molecular weight excluding hydrogens is 416 g/mol. The third-order valence-electron chi connectivity index (χ3n) is 4.73. The lowest BCUT2D eigenvalue weighted by Gasteiger charge is -2.17. The van der Waals surface area contributed by atoms with Gasteiger partial charge in [0, 0.05) is 16.8 Å². The number of ether oxygens (including phenoxy) is 2. The summed E-state index contributed by atoms with van der Waals surface area (Å²) in [6.07, 6.45) is 3.06. The fourth-order valence-electron chi connectivity index (χ4n) is 3.00. The first kappa shape index (κ1) is 22.4. The van der Waals surface area contributed by atoms with Crippen molar-refractivity contribution in [1.29, 1.82) is 0 Å². The summed E-state index contributed by atoms with van der Waals surface area (Å²) < 4.78 is 11.6. The third-order valence-corrected chi connectivity index (χ3v) is 5.13. The van der Waals surface area contributed by atoms with Gasteiger partial charge >= 0.3 is 0 Å². The number of methoxy groups -OCH3 is 1. The summed E-state index contributed by atoms with van der Waals surface area (Å²) in [5.41, 5.74) is 6.45. The van der Waals surface area contributed by atoms with E-state index in [1.165, 1.54) is 6.20 Å². The van der Waals surface area contributed by atoms with Gasteiger partial charge in [0.15, 0.2) is 0 Å². The van der Waals surface area contributed by atoms with Crippen molar-refractivity contribution in [3.8, 4) is 11.5 Å². The molecule has 0 radical (unpaired) electrons. The molecule has 0 bridgehead atoms. The Morgan fingerprint density at radius 1 is 1.26 bits per heavy atom. The fourth-order valence-corrected chi connectivity index (χ4v) is 3.17. The molecule has 162 valence electrons. The highest BCUT2D eigenvalue weighted by atomic mass is 35.5. The maximum Gasteiger partial charge on any atom is 0.289 e. The maximum atomic E-state index is 11.9. The number of benzene rings is 2. The molecule has 0 spiro atoms. The highest BCUT2D eigenvalue weighted by Gasteiger charge is 2.13. The topological polar surface area (TPSA) is 88.6 Å². The van der Waals surface area contributed by atoms with Crippen molar-refractivity contribution < 1.29 is 14.3 Å². The predicted octanol–water partition coefficient (Wildman–Crippen LogP) is 4.85. The first-order valence-electron chi connectivity index (χ1n) is 9.81. The van der Waals surface area contributed by atoms with Crippen LogP contribution in [0, 0.1) is 6.92 Å². The number of aromatic nitrogens is 2. The number of amides is 1. The Morgan fingerprint density at radius 2 is 2.06 bits per heavy atom. The van der Waals surface area contributed by atoms with Crippen LogP contribution in [0.25, 0.3) is 0 Å². The van der Waals surface area contributed by atoms with Crippen molar-refractivity contribution in [2.75, 3.05) is 7.11 Å². The van der Waals surface area contributed by atoms with E-state index in [9.17, 15) is 4.79 Å². The third kappa shape index (κ3) is 5.64. The van der Waals surface area contributed by atoms with Crippen LogP contribution in [0.3, 0.4) is 0 Å². The van der Waals surface area contributed by atoms with Crippen LogP contribution in [0.5, 0.6) is 11.5 Å². The molecule has 0 aliphatic carbocycles. The molecule has 3 rings (SSSR count). The second kappa shape index (κ2) is 10.1. The largest absolute Gasteiger partial charge is 0.496 e. The summed E-state index contributed by atoms with van der Waals surface area (Å²) in [5, 5.41) is 11.1. The molecule has 0 fully saturated rings. The van der Waals surface area contributed by atoms with Crippen LogP contribution in [0.4, 0.5) is 0 Å². The number of hydrazone groups is 1. The molecule has 3 aromatic rings. The maximum absolute atomic E-state index is 11.9. The Labute approximate surface area is 186 Å². The summed E-state index contributed by atoms with van der Waals surface area (Å²) >= 11 is 6.29. The van der Waals surface area contributed by atoms with Crippen molar-refractivity contribution in [2.45, 2.75) is 33.3 Å². The van der Waals surface area contributed by atoms with Gasteiger partial charge in [0.1, 0.15) is 23.8 Å². The highest BCUT2D eigenvalue weighted by Crippen LogP contribution is 2.33. The Balaban J connectivity index is 1.75. The van der Waals surface area contributed by atoms with Crippen molar-refractivity contribution in [2.24, 2.45) is 5.10 Å². The van der Waals surface area contributed by atoms with Gasteiger partial charge in [-0.05, 0) is 65.9 Å². The monoisotopic (exact) mass is 440 g/mol. The lowest BCUT2D eigenvalue weighted by Crippen LogP contribution is -2.18. The normalized spacial score (nSPS) is 11.2. The minimum atomic E-state index is -0.370. The molecule has 1 heterocycles. The molecule has 1 aromatic heterocycles. The average molecular weight is 441 g/mol. The van der Waals surface area contributed by atoms with Gasteiger partial charge in [-0.15, -0.1) is 0 Å². The number of aromatic amines is 1. The van der Waals surface area contributed by atoms with E-state index in [2.05, 4.69) is 34.6 Å². The summed E-state index contributed by atoms with van der Waals surface area (Å²) in [6.45, 7) is 6.47. The number of nitrogens with one attached hydrogen (secondary N) is 2. The van der Waals surface area contributed by atoms with E-state index in [1.54, 1.807) is 19.4 Å². The fraction of sp³-hybridized carbons (Fsp3) is 0.261. The molecule has 0 aliphatic rings. The Bertz CT molecular complexity index is 1080. The number of carbonyl (C=O) groups is 1. The van der Waals surface area contributed by atoms with E-state index in [-0.39, 0.29) is 11.8 Å². The van der Waals surface area contributed by atoms with Gasteiger partial charge in [0.05, 0.1) is 13.3 Å². The van der Waals surface area contributed by atoms with Gasteiger partial charge in [0.25, 0.3) is 5.91 Å². The molecule has 0 aliphatic heterocycles. The Hall–Kier alpha value is -3.32. The first-order valence-corrected chi connectivity index (χ1v) is 10.2. The van der Waals surface area contributed by atoms with Crippen LogP contribution < -0.4 is 14.9 Å². The van der Waals surface area contributed by atoms with Gasteiger partial charge in [-0.3, -0.25) is 9.89 Å². The standard InChI is InChI=1S/C23H25ClN4O3/c1-14(2)18-11-19(24)15(3)9-22(18)31-13-17-10-16(5-6-21(17)30-4)12-26-28-23(29)20-7-8-25-27-20/h5-12,14H,13H2,1-4H3,(H,25,27)(H,28,29). The zero-order chi connectivity index (χ0) is 22.4. The van der Waals surface area contributed by atoms with E-state index in [1.807, 2.05) is 37.3 Å². The lowest BCUT2D eigenvalue weighted by atomic mass is 10.0. The van der Waals surface area contributed by atoms with Crippen LogP contribution in [0.2, 0.25) is 5.02 Å². The zero-order valence-corrected chi connectivity index (χ0v) is 18.7. The van der Waals surface area contributed by atoms with Gasteiger partial charge in [-0.2, -0.15) is 10.2 Å². The molecule has 0 unspecified atom stereocenters. The number of carbonyl (C=O) groups excluding carboxylic acids is 1. The summed E-state index contributed by atoms with van der Waals surface area (Å²) in [4.78, 5) is 11.9. The van der Waals surface area contributed by atoms with Gasteiger partial charge in [0.2, 0.25) is 0 Å². The number of hydrogen-bond acceptors (Lipinski definition) is 5. The predicted molar refractivity (Wildman–Crippen MR) is 121 cm³/mol. The average Bonchev–Trinajstić information content (AvgIpc) is 3.29. The molecule has 7 nitrogen and oxygen atoms in total. The smallest absolute Gasteiger partial charge is 0.289 e. The minimum absolute atomic E-state index is 0.270. The van der Waals surface area contributed by atoms with Crippen LogP contribution in [0.15, 0.2) is 47.7 Å². The Kier molecular flexibility index (Phi) is 7.31. The second-order valence-electron chi connectivity index (χ2n) is 7.32. The molecule has 8 heteroatoms. The van der Waals surface area contributed by atoms with Crippen molar-refractivity contribution in [3.63, 3.8) is 0 Å². The number of rotatable bonds is 8. The van der Waals surface area contributed by atoms with Crippen LogP contribution in [-0.4, -0.2) is 29.4 Å². The van der Waals surface area contributed by atoms with Crippen molar-refractivity contribution in [1.82, 2.24) is 15.6 Å². The zero-order valence-electron chi connectivity index (χ0n) is 17.9. The summed E-state index contributed by atoms with van der Waals surface area (Å²) in [7, 11) is 1.61. The number of halogens is 1. The molecular formula is C23H25ClN4O3. The summed E-state index contributed by atoms with van der Waals surface area (Å²) in [5.74, 6) is 1.40. The molecule has 2 N–H and O–H groups in total. The molecule has 0 saturated heterocycles. The minimum Gasteiger partial charge on any atom is -0.496 e. The van der Waals surface area contributed by atoms with E-state index in [0.717, 1.165) is 33.0 Å². The van der Waals surface area contributed by atoms with E-state index in [0.29, 0.717) is 18.1 Å². The highest BCUT2D eigenvalue weighted by molar-refractivity contribution is 6.31. The van der Waals surface area contributed by atoms with Gasteiger partial charge in [-0.1, -0.05) is 25.4 Å². The van der Waals surface area contributed by atoms with Gasteiger partial charge in [-0.25, -0.2) is 5.43 Å². The number of aryl methyl sites for hydroxylation is 1. The number of nitrogens with zero attached hydrogens (tertiary/aromatic N) is 2. The van der Waals surface area contributed by atoms with E-state index < -0.39 is 0 Å². The molecule has 0 atom stereocenters. The van der Waals surface area contributed by atoms with Crippen LogP contribution >= 0.6 is 11.6 Å². The van der Waals surface area contributed by atoms with E-state index >= 15 is 0 Å². The molecule has 31 heavy (non-hydrogen) atoms. The van der Waals surface area contributed by atoms with Crippen molar-refractivity contribution in [3.05, 3.63) is 75.6 Å². The Morgan fingerprint density at radius 3 is 2.74 bits per heavy atom. The number of hydrogen-bond donors (Lipinski definition) is 2. The van der Waals surface area contributed by atoms with Gasteiger partial charge < -0.3 is 9.47 Å². The van der Waals surface area contributed by atoms with E-state index in [4.69, 9.17) is 21.1 Å². The SMILES string of the molecule is COc1ccc(C=NNC(=O)c2ccn[nH]2)cc1COc1cc(C)c(Cl)cc1C(C)C. The van der Waals surface area contributed by atoms with Crippen LogP contribution in [-0.2, 0) is 6.61 Å².